The summed E-state index contributed by atoms with van der Waals surface area (Å²) < 4.78 is 1.81. The summed E-state index contributed by atoms with van der Waals surface area (Å²) in [7, 11) is 0. The predicted molar refractivity (Wildman–Crippen MR) is 93.2 cm³/mol. The molecule has 0 aliphatic carbocycles. The first-order chi connectivity index (χ1) is 12.3. The molecule has 0 unspecified atom stereocenters. The van der Waals surface area contributed by atoms with Gasteiger partial charge in [-0.2, -0.15) is 5.26 Å². The average molecular weight is 345 g/mol. The van der Waals surface area contributed by atoms with E-state index in [1.54, 1.807) is 43.2 Å². The molecule has 4 aromatic rings. The van der Waals surface area contributed by atoms with Crippen LogP contribution < -0.4 is 0 Å². The van der Waals surface area contributed by atoms with E-state index in [0.717, 1.165) is 16.8 Å². The second kappa shape index (κ2) is 6.26. The van der Waals surface area contributed by atoms with Crippen LogP contribution >= 0.6 is 11.3 Å². The highest BCUT2D eigenvalue weighted by molar-refractivity contribution is 7.10. The Morgan fingerprint density at radius 1 is 1.24 bits per heavy atom. The van der Waals surface area contributed by atoms with Crippen LogP contribution in [0.1, 0.15) is 21.3 Å². The molecule has 4 rings (SSSR count). The maximum absolute atomic E-state index is 12.8. The zero-order valence-corrected chi connectivity index (χ0v) is 13.7. The Balaban J connectivity index is 1.67. The highest BCUT2D eigenvalue weighted by atomic mass is 32.1. The standard InChI is InChI=1S/C18H11N5OS/c19-8-15(17(24)13-3-6-23-11-21-9-14(23)7-13)18-22-16(10-25-18)12-1-4-20-5-2-12/h1-7,9-11,15H/t15-/m1/s1. The molecule has 0 aliphatic heterocycles. The summed E-state index contributed by atoms with van der Waals surface area (Å²) in [5.74, 6) is -1.19. The molecule has 25 heavy (non-hydrogen) atoms. The van der Waals surface area contributed by atoms with Crippen LogP contribution in [0, 0.1) is 11.3 Å². The molecule has 0 N–H and O–H groups in total. The first-order valence-electron chi connectivity index (χ1n) is 7.47. The third-order valence-corrected chi connectivity index (χ3v) is 4.74. The molecule has 120 valence electrons. The van der Waals surface area contributed by atoms with Gasteiger partial charge in [-0.1, -0.05) is 0 Å². The lowest BCUT2D eigenvalue weighted by atomic mass is 10.00. The number of aromatic nitrogens is 4. The number of hydrogen-bond acceptors (Lipinski definition) is 6. The van der Waals surface area contributed by atoms with Gasteiger partial charge in [0.1, 0.15) is 5.01 Å². The van der Waals surface area contributed by atoms with Gasteiger partial charge in [0.15, 0.2) is 11.7 Å². The molecule has 1 atom stereocenters. The summed E-state index contributed by atoms with van der Waals surface area (Å²) in [5, 5.41) is 11.9. The van der Waals surface area contributed by atoms with Crippen molar-refractivity contribution >= 4 is 22.6 Å². The number of pyridine rings is 2. The van der Waals surface area contributed by atoms with Crippen molar-refractivity contribution in [3.8, 4) is 17.3 Å². The maximum atomic E-state index is 12.8. The first-order valence-corrected chi connectivity index (χ1v) is 8.35. The molecular formula is C18H11N5OS. The highest BCUT2D eigenvalue weighted by Gasteiger charge is 2.25. The van der Waals surface area contributed by atoms with Crippen LogP contribution in [0.3, 0.4) is 0 Å². The quantitative estimate of drug-likeness (QED) is 0.530. The minimum Gasteiger partial charge on any atom is -0.306 e. The van der Waals surface area contributed by atoms with Crippen molar-refractivity contribution in [3.63, 3.8) is 0 Å². The minimum atomic E-state index is -0.925. The summed E-state index contributed by atoms with van der Waals surface area (Å²) in [4.78, 5) is 25.3. The smallest absolute Gasteiger partial charge is 0.187 e. The lowest BCUT2D eigenvalue weighted by Crippen LogP contribution is -2.11. The van der Waals surface area contributed by atoms with Gasteiger partial charge in [0.05, 0.1) is 29.8 Å². The Morgan fingerprint density at radius 2 is 2.08 bits per heavy atom. The number of imidazole rings is 1. The third kappa shape index (κ3) is 2.79. The van der Waals surface area contributed by atoms with Gasteiger partial charge in [0.2, 0.25) is 0 Å². The minimum absolute atomic E-state index is 0.262. The van der Waals surface area contributed by atoms with Crippen LogP contribution in [0.5, 0.6) is 0 Å². The van der Waals surface area contributed by atoms with Gasteiger partial charge in [-0.3, -0.25) is 9.78 Å². The molecule has 0 bridgehead atoms. The maximum Gasteiger partial charge on any atom is 0.187 e. The van der Waals surface area contributed by atoms with Crippen molar-refractivity contribution in [1.29, 1.82) is 5.26 Å². The van der Waals surface area contributed by atoms with Gasteiger partial charge >= 0.3 is 0 Å². The Morgan fingerprint density at radius 3 is 2.88 bits per heavy atom. The van der Waals surface area contributed by atoms with E-state index in [1.165, 1.54) is 11.3 Å². The van der Waals surface area contributed by atoms with Crippen LogP contribution in [-0.2, 0) is 0 Å². The third-order valence-electron chi connectivity index (χ3n) is 3.83. The van der Waals surface area contributed by atoms with Crippen LogP contribution in [-0.4, -0.2) is 25.1 Å². The van der Waals surface area contributed by atoms with Crippen molar-refractivity contribution in [2.75, 3.05) is 0 Å². The number of carbonyl (C=O) groups is 1. The van der Waals surface area contributed by atoms with Gasteiger partial charge in [0.25, 0.3) is 0 Å². The Kier molecular flexibility index (Phi) is 3.80. The topological polar surface area (TPSA) is 83.9 Å². The number of rotatable bonds is 4. The van der Waals surface area contributed by atoms with Crippen molar-refractivity contribution in [2.24, 2.45) is 0 Å². The van der Waals surface area contributed by atoms with Crippen molar-refractivity contribution in [3.05, 3.63) is 71.3 Å². The van der Waals surface area contributed by atoms with E-state index in [4.69, 9.17) is 0 Å². The van der Waals surface area contributed by atoms with Crippen molar-refractivity contribution in [2.45, 2.75) is 5.92 Å². The second-order valence-electron chi connectivity index (χ2n) is 5.37. The second-order valence-corrected chi connectivity index (χ2v) is 6.26. The predicted octanol–water partition coefficient (Wildman–Crippen LogP) is 3.34. The number of nitrogens with zero attached hydrogens (tertiary/aromatic N) is 5. The van der Waals surface area contributed by atoms with E-state index in [0.29, 0.717) is 10.6 Å². The normalized spacial score (nSPS) is 12.0. The van der Waals surface area contributed by atoms with Crippen molar-refractivity contribution < 1.29 is 4.79 Å². The molecule has 6 nitrogen and oxygen atoms in total. The van der Waals surface area contributed by atoms with Crippen LogP contribution in [0.25, 0.3) is 16.8 Å². The van der Waals surface area contributed by atoms with E-state index in [-0.39, 0.29) is 5.78 Å². The Bertz CT molecular complexity index is 1090. The number of thiazole rings is 1. The molecular weight excluding hydrogens is 334 g/mol. The molecule has 0 aromatic carbocycles. The molecule has 4 heterocycles. The molecule has 0 spiro atoms. The Labute approximate surface area is 147 Å². The summed E-state index contributed by atoms with van der Waals surface area (Å²) in [6, 6.07) is 9.20. The van der Waals surface area contributed by atoms with Gasteiger partial charge in [-0.25, -0.2) is 9.97 Å². The zero-order chi connectivity index (χ0) is 17.2. The molecule has 0 fully saturated rings. The van der Waals surface area contributed by atoms with E-state index in [1.807, 2.05) is 21.9 Å². The average Bonchev–Trinajstić information content (AvgIpc) is 3.32. The fourth-order valence-corrected chi connectivity index (χ4v) is 3.41. The van der Waals surface area contributed by atoms with E-state index < -0.39 is 5.92 Å². The molecule has 7 heteroatoms. The molecule has 4 aromatic heterocycles. The van der Waals surface area contributed by atoms with E-state index in [9.17, 15) is 10.1 Å². The lowest BCUT2D eigenvalue weighted by molar-refractivity contribution is 0.0979. The molecule has 0 aliphatic rings. The lowest BCUT2D eigenvalue weighted by Gasteiger charge is -2.06. The van der Waals surface area contributed by atoms with Crippen molar-refractivity contribution in [1.82, 2.24) is 19.4 Å². The summed E-state index contributed by atoms with van der Waals surface area (Å²) in [6.07, 6.45) is 8.45. The van der Waals surface area contributed by atoms with Crippen LogP contribution in [0.4, 0.5) is 0 Å². The number of fused-ring (bicyclic) bond motifs is 1. The largest absolute Gasteiger partial charge is 0.306 e. The van der Waals surface area contributed by atoms with Gasteiger partial charge in [0, 0.05) is 35.1 Å². The highest BCUT2D eigenvalue weighted by Crippen LogP contribution is 2.28. The number of ketones is 1. The first kappa shape index (κ1) is 15.2. The van der Waals surface area contributed by atoms with Gasteiger partial charge in [-0.15, -0.1) is 11.3 Å². The molecule has 0 amide bonds. The van der Waals surface area contributed by atoms with Crippen LogP contribution in [0.2, 0.25) is 0 Å². The van der Waals surface area contributed by atoms with Gasteiger partial charge < -0.3 is 4.40 Å². The summed E-state index contributed by atoms with van der Waals surface area (Å²) in [6.45, 7) is 0. The molecule has 0 radical (unpaired) electrons. The summed E-state index contributed by atoms with van der Waals surface area (Å²) >= 11 is 1.31. The zero-order valence-electron chi connectivity index (χ0n) is 12.9. The number of hydrogen-bond donors (Lipinski definition) is 0. The van der Waals surface area contributed by atoms with Crippen LogP contribution in [0.15, 0.2) is 60.8 Å². The number of nitriles is 1. The molecule has 0 saturated heterocycles. The van der Waals surface area contributed by atoms with E-state index in [2.05, 4.69) is 21.0 Å². The monoisotopic (exact) mass is 345 g/mol. The fourth-order valence-electron chi connectivity index (χ4n) is 2.54. The number of carbonyl (C=O) groups excluding carboxylic acids is 1. The Hall–Kier alpha value is -3.37. The summed E-state index contributed by atoms with van der Waals surface area (Å²) in [5.41, 5.74) is 2.92. The van der Waals surface area contributed by atoms with Gasteiger partial charge in [-0.05, 0) is 24.3 Å². The SMILES string of the molecule is N#C[C@H](C(=O)c1ccn2cncc2c1)c1nc(-c2ccncc2)cs1. The molecule has 0 saturated carbocycles. The fraction of sp³-hybridized carbons (Fsp3) is 0.0556. The number of Topliss-reactive ketones (excluding diaryl/α,β-unsaturated/α-hetero) is 1. The van der Waals surface area contributed by atoms with E-state index >= 15 is 0 Å².